The first-order valence-electron chi connectivity index (χ1n) is 12.8. The second-order valence-corrected chi connectivity index (χ2v) is 12.3. The van der Waals surface area contributed by atoms with Crippen LogP contribution in [0.15, 0.2) is 54.6 Å². The molecule has 0 aliphatic carbocycles. The molecule has 1 atom stereocenters. The van der Waals surface area contributed by atoms with Gasteiger partial charge in [0.25, 0.3) is 5.91 Å². The molecule has 2 aliphatic heterocycles. The fourth-order valence-electron chi connectivity index (χ4n) is 5.46. The maximum absolute atomic E-state index is 14.0. The predicted octanol–water partition coefficient (Wildman–Crippen LogP) is 4.01. The average molecular weight is 552 g/mol. The number of hydrogen-bond acceptors (Lipinski definition) is 6. The number of fused-ring (bicyclic) bond motifs is 1. The number of piperazine rings is 1. The maximum Gasteiger partial charge on any atom is 0.254 e. The second-order valence-electron chi connectivity index (χ2n) is 10.1. The summed E-state index contributed by atoms with van der Waals surface area (Å²) >= 11 is 0. The molecular weight excluding hydrogens is 524 g/mol. The van der Waals surface area contributed by atoms with Crippen LogP contribution in [0.25, 0.3) is 22.3 Å². The molecule has 2 saturated heterocycles. The standard InChI is InChI=1S/C28H27F2N5O3S/c1-18-26-24(28(36)34-13-11-33(12-14-34)22-8-6-21(30)7-9-22)16-25(19-2-4-20(29)5-3-19)31-27(26)35(32-18)23-10-15-39(37,38)17-23/h2-9,16,23H,10-15,17H2,1H3. The average Bonchev–Trinajstić information content (AvgIpc) is 3.47. The van der Waals surface area contributed by atoms with E-state index in [0.717, 1.165) is 5.69 Å². The van der Waals surface area contributed by atoms with Gasteiger partial charge in [-0.05, 0) is 67.9 Å². The number of aromatic nitrogens is 3. The highest BCUT2D eigenvalue weighted by Gasteiger charge is 2.33. The number of hydrogen-bond donors (Lipinski definition) is 0. The van der Waals surface area contributed by atoms with Crippen LogP contribution in [-0.2, 0) is 9.84 Å². The van der Waals surface area contributed by atoms with Crippen molar-refractivity contribution in [1.82, 2.24) is 19.7 Å². The minimum Gasteiger partial charge on any atom is -0.368 e. The Morgan fingerprint density at radius 1 is 0.949 bits per heavy atom. The van der Waals surface area contributed by atoms with E-state index >= 15 is 0 Å². The molecule has 8 nitrogen and oxygen atoms in total. The number of pyridine rings is 1. The summed E-state index contributed by atoms with van der Waals surface area (Å²) in [5.74, 6) is -0.795. The van der Waals surface area contributed by atoms with E-state index in [9.17, 15) is 22.0 Å². The molecule has 11 heteroatoms. The molecule has 6 rings (SSSR count). The zero-order valence-electron chi connectivity index (χ0n) is 21.3. The summed E-state index contributed by atoms with van der Waals surface area (Å²) < 4.78 is 53.1. The molecule has 39 heavy (non-hydrogen) atoms. The smallest absolute Gasteiger partial charge is 0.254 e. The first kappa shape index (κ1) is 25.4. The third-order valence-corrected chi connectivity index (χ3v) is 9.27. The van der Waals surface area contributed by atoms with Gasteiger partial charge in [0.1, 0.15) is 11.6 Å². The predicted molar refractivity (Wildman–Crippen MR) is 144 cm³/mol. The van der Waals surface area contributed by atoms with Gasteiger partial charge in [0.05, 0.1) is 39.9 Å². The van der Waals surface area contributed by atoms with Gasteiger partial charge in [-0.3, -0.25) is 4.79 Å². The van der Waals surface area contributed by atoms with Gasteiger partial charge in [0.15, 0.2) is 15.5 Å². The van der Waals surface area contributed by atoms with E-state index in [1.54, 1.807) is 46.8 Å². The number of benzene rings is 2. The minimum absolute atomic E-state index is 0.0275. The number of nitrogens with zero attached hydrogens (tertiary/aromatic N) is 5. The van der Waals surface area contributed by atoms with Gasteiger partial charge in [0.2, 0.25) is 0 Å². The van der Waals surface area contributed by atoms with Crippen molar-refractivity contribution < 1.29 is 22.0 Å². The number of carbonyl (C=O) groups is 1. The lowest BCUT2D eigenvalue weighted by Gasteiger charge is -2.36. The van der Waals surface area contributed by atoms with Crippen molar-refractivity contribution in [3.8, 4) is 11.3 Å². The summed E-state index contributed by atoms with van der Waals surface area (Å²) in [5.41, 5.74) is 3.50. The van der Waals surface area contributed by atoms with E-state index in [4.69, 9.17) is 4.98 Å². The Bertz CT molecular complexity index is 1660. The van der Waals surface area contributed by atoms with Crippen molar-refractivity contribution >= 4 is 32.5 Å². The molecule has 0 bridgehead atoms. The maximum atomic E-state index is 14.0. The highest BCUT2D eigenvalue weighted by Crippen LogP contribution is 2.33. The Labute approximate surface area is 224 Å². The van der Waals surface area contributed by atoms with Crippen molar-refractivity contribution in [2.24, 2.45) is 0 Å². The number of rotatable bonds is 4. The van der Waals surface area contributed by atoms with Crippen LogP contribution in [0.5, 0.6) is 0 Å². The summed E-state index contributed by atoms with van der Waals surface area (Å²) in [6.45, 7) is 3.92. The molecule has 2 fully saturated rings. The Morgan fingerprint density at radius 2 is 1.59 bits per heavy atom. The highest BCUT2D eigenvalue weighted by atomic mass is 32.2. The van der Waals surface area contributed by atoms with Crippen molar-refractivity contribution in [2.45, 2.75) is 19.4 Å². The first-order valence-corrected chi connectivity index (χ1v) is 14.7. The van der Waals surface area contributed by atoms with Crippen LogP contribution < -0.4 is 4.90 Å². The molecule has 202 valence electrons. The summed E-state index contributed by atoms with van der Waals surface area (Å²) in [5, 5.41) is 5.25. The third kappa shape index (κ3) is 4.87. The van der Waals surface area contributed by atoms with Gasteiger partial charge in [-0.2, -0.15) is 5.10 Å². The van der Waals surface area contributed by atoms with Gasteiger partial charge in [-0.1, -0.05) is 0 Å². The lowest BCUT2D eigenvalue weighted by Crippen LogP contribution is -2.48. The highest BCUT2D eigenvalue weighted by molar-refractivity contribution is 7.91. The SMILES string of the molecule is Cc1nn(C2CCS(=O)(=O)C2)c2nc(-c3ccc(F)cc3)cc(C(=O)N3CCN(c4ccc(F)cc4)CC3)c12. The normalized spacial score (nSPS) is 19.1. The van der Waals surface area contributed by atoms with Crippen LogP contribution in [0.4, 0.5) is 14.5 Å². The number of sulfone groups is 1. The lowest BCUT2D eigenvalue weighted by molar-refractivity contribution is 0.0748. The molecule has 2 aromatic heterocycles. The summed E-state index contributed by atoms with van der Waals surface area (Å²) in [4.78, 5) is 22.7. The monoisotopic (exact) mass is 551 g/mol. The van der Waals surface area contributed by atoms with Crippen molar-refractivity contribution in [3.63, 3.8) is 0 Å². The lowest BCUT2D eigenvalue weighted by atomic mass is 10.0. The van der Waals surface area contributed by atoms with E-state index in [2.05, 4.69) is 10.00 Å². The Balaban J connectivity index is 1.38. The molecule has 1 amide bonds. The largest absolute Gasteiger partial charge is 0.368 e. The van der Waals surface area contributed by atoms with Gasteiger partial charge in [-0.15, -0.1) is 0 Å². The van der Waals surface area contributed by atoms with Gasteiger partial charge < -0.3 is 9.80 Å². The van der Waals surface area contributed by atoms with Crippen molar-refractivity contribution in [3.05, 3.63) is 77.5 Å². The molecular formula is C28H27F2N5O3S. The van der Waals surface area contributed by atoms with Crippen LogP contribution in [-0.4, -0.2) is 71.7 Å². The topological polar surface area (TPSA) is 88.4 Å². The van der Waals surface area contributed by atoms with Crippen LogP contribution in [0.2, 0.25) is 0 Å². The van der Waals surface area contributed by atoms with Crippen LogP contribution in [0.3, 0.4) is 0 Å². The second kappa shape index (κ2) is 9.71. The molecule has 4 heterocycles. The molecule has 4 aromatic rings. The first-order chi connectivity index (χ1) is 18.7. The fourth-order valence-corrected chi connectivity index (χ4v) is 7.16. The van der Waals surface area contributed by atoms with Crippen LogP contribution in [0.1, 0.15) is 28.5 Å². The summed E-state index contributed by atoms with van der Waals surface area (Å²) in [7, 11) is -3.18. The number of anilines is 1. The van der Waals surface area contributed by atoms with E-state index in [0.29, 0.717) is 66.1 Å². The number of aryl methyl sites for hydroxylation is 1. The Kier molecular flexibility index (Phi) is 6.33. The molecule has 2 aliphatic rings. The van der Waals surface area contributed by atoms with E-state index in [1.807, 2.05) is 0 Å². The quantitative estimate of drug-likeness (QED) is 0.381. The van der Waals surface area contributed by atoms with Crippen LogP contribution >= 0.6 is 0 Å². The number of halogens is 2. The molecule has 0 N–H and O–H groups in total. The van der Waals surface area contributed by atoms with E-state index in [1.165, 1.54) is 24.3 Å². The zero-order chi connectivity index (χ0) is 27.3. The van der Waals surface area contributed by atoms with Crippen molar-refractivity contribution in [2.75, 3.05) is 42.6 Å². The van der Waals surface area contributed by atoms with Crippen LogP contribution in [0, 0.1) is 18.6 Å². The molecule has 2 aromatic carbocycles. The summed E-state index contributed by atoms with van der Waals surface area (Å²) in [6.07, 6.45) is 0.426. The number of carbonyl (C=O) groups excluding carboxylic acids is 1. The molecule has 0 spiro atoms. The fraction of sp³-hybridized carbons (Fsp3) is 0.321. The Morgan fingerprint density at radius 3 is 2.21 bits per heavy atom. The molecule has 0 radical (unpaired) electrons. The van der Waals surface area contributed by atoms with Gasteiger partial charge in [-0.25, -0.2) is 26.9 Å². The van der Waals surface area contributed by atoms with Crippen molar-refractivity contribution in [1.29, 1.82) is 0 Å². The van der Waals surface area contributed by atoms with Gasteiger partial charge >= 0.3 is 0 Å². The summed E-state index contributed by atoms with van der Waals surface area (Å²) in [6, 6.07) is 13.5. The van der Waals surface area contributed by atoms with Gasteiger partial charge in [0, 0.05) is 37.4 Å². The van der Waals surface area contributed by atoms with E-state index < -0.39 is 9.84 Å². The van der Waals surface area contributed by atoms with E-state index in [-0.39, 0.29) is 35.1 Å². The third-order valence-electron chi connectivity index (χ3n) is 7.52. The zero-order valence-corrected chi connectivity index (χ0v) is 22.2. The molecule has 1 unspecified atom stereocenters. The number of amides is 1. The Hall–Kier alpha value is -3.86. The molecule has 0 saturated carbocycles. The minimum atomic E-state index is -3.18.